The van der Waals surface area contributed by atoms with Crippen molar-refractivity contribution < 1.29 is 9.53 Å². The minimum absolute atomic E-state index is 0.148. The van der Waals surface area contributed by atoms with Gasteiger partial charge in [-0.1, -0.05) is 31.0 Å². The lowest BCUT2D eigenvalue weighted by molar-refractivity contribution is -0.148. The molecule has 0 bridgehead atoms. The highest BCUT2D eigenvalue weighted by Gasteiger charge is 2.40. The van der Waals surface area contributed by atoms with Gasteiger partial charge in [-0.2, -0.15) is 0 Å². The molecule has 0 heterocycles. The van der Waals surface area contributed by atoms with E-state index in [9.17, 15) is 4.79 Å². The Hall–Kier alpha value is -1.51. The molecule has 1 aromatic carbocycles. The maximum atomic E-state index is 12.3. The normalized spacial score (nSPS) is 17.6. The number of carbonyl (C=O) groups excluding carboxylic acids is 1. The van der Waals surface area contributed by atoms with Gasteiger partial charge in [-0.15, -0.1) is 0 Å². The number of para-hydroxylation sites is 1. The van der Waals surface area contributed by atoms with Crippen LogP contribution in [0.15, 0.2) is 24.3 Å². The van der Waals surface area contributed by atoms with Crippen molar-refractivity contribution in [3.63, 3.8) is 0 Å². The standard InChI is InChI=1S/C16H23NO2/c1-4-19-15(18)16(3,11-13-9-10-13)17-14-8-6-5-7-12(14)2/h5-8,13,17H,4,9-11H2,1-3H3. The Kier molecular flexibility index (Phi) is 4.13. The summed E-state index contributed by atoms with van der Waals surface area (Å²) in [5, 5.41) is 3.41. The summed E-state index contributed by atoms with van der Waals surface area (Å²) >= 11 is 0. The molecule has 1 saturated carbocycles. The fourth-order valence-electron chi connectivity index (χ4n) is 2.39. The number of esters is 1. The minimum atomic E-state index is -0.622. The van der Waals surface area contributed by atoms with Gasteiger partial charge in [-0.25, -0.2) is 4.79 Å². The molecule has 0 saturated heterocycles. The quantitative estimate of drug-likeness (QED) is 0.796. The number of benzene rings is 1. The number of carbonyl (C=O) groups is 1. The molecule has 0 spiro atoms. The second-order valence-electron chi connectivity index (χ2n) is 5.64. The van der Waals surface area contributed by atoms with Crippen LogP contribution in [-0.2, 0) is 9.53 Å². The summed E-state index contributed by atoms with van der Waals surface area (Å²) in [6.07, 6.45) is 3.30. The number of hydrogen-bond acceptors (Lipinski definition) is 3. The van der Waals surface area contributed by atoms with Crippen LogP contribution in [-0.4, -0.2) is 18.1 Å². The highest BCUT2D eigenvalue weighted by molar-refractivity contribution is 5.84. The van der Waals surface area contributed by atoms with Gasteiger partial charge in [0, 0.05) is 5.69 Å². The molecule has 1 atom stereocenters. The molecular formula is C16H23NO2. The van der Waals surface area contributed by atoms with Gasteiger partial charge in [0.15, 0.2) is 0 Å². The average Bonchev–Trinajstić information content (AvgIpc) is 3.16. The first-order valence-electron chi connectivity index (χ1n) is 7.06. The van der Waals surface area contributed by atoms with Crippen molar-refractivity contribution in [2.45, 2.75) is 45.6 Å². The number of nitrogens with one attached hydrogen (secondary N) is 1. The molecule has 2 rings (SSSR count). The molecule has 1 aliphatic rings. The van der Waals surface area contributed by atoms with Gasteiger partial charge >= 0.3 is 5.97 Å². The van der Waals surface area contributed by atoms with Crippen LogP contribution in [0.5, 0.6) is 0 Å². The molecule has 104 valence electrons. The van der Waals surface area contributed by atoms with E-state index in [1.807, 2.05) is 45.0 Å². The van der Waals surface area contributed by atoms with E-state index >= 15 is 0 Å². The Morgan fingerprint density at radius 1 is 1.42 bits per heavy atom. The van der Waals surface area contributed by atoms with Crippen LogP contribution in [0.3, 0.4) is 0 Å². The van der Waals surface area contributed by atoms with Crippen LogP contribution in [0.2, 0.25) is 0 Å². The van der Waals surface area contributed by atoms with Gasteiger partial charge in [0.1, 0.15) is 5.54 Å². The number of aryl methyl sites for hydroxylation is 1. The monoisotopic (exact) mass is 261 g/mol. The number of anilines is 1. The number of rotatable bonds is 6. The van der Waals surface area contributed by atoms with E-state index in [1.54, 1.807) is 0 Å². The molecule has 1 N–H and O–H groups in total. The van der Waals surface area contributed by atoms with Crippen molar-refractivity contribution in [3.05, 3.63) is 29.8 Å². The van der Waals surface area contributed by atoms with Gasteiger partial charge in [0.2, 0.25) is 0 Å². The zero-order chi connectivity index (χ0) is 13.9. The van der Waals surface area contributed by atoms with Crippen LogP contribution in [0.4, 0.5) is 5.69 Å². The third kappa shape index (κ3) is 3.49. The molecule has 3 heteroatoms. The predicted octanol–water partition coefficient (Wildman–Crippen LogP) is 3.53. The number of hydrogen-bond donors (Lipinski definition) is 1. The van der Waals surface area contributed by atoms with Crippen LogP contribution in [0.25, 0.3) is 0 Å². The Bertz CT molecular complexity index is 454. The van der Waals surface area contributed by atoms with E-state index in [1.165, 1.54) is 12.8 Å². The van der Waals surface area contributed by atoms with E-state index in [2.05, 4.69) is 5.32 Å². The van der Waals surface area contributed by atoms with Gasteiger partial charge < -0.3 is 10.1 Å². The molecule has 0 radical (unpaired) electrons. The first-order chi connectivity index (χ1) is 9.05. The zero-order valence-corrected chi connectivity index (χ0v) is 12.0. The molecule has 0 aliphatic heterocycles. The maximum absolute atomic E-state index is 12.3. The maximum Gasteiger partial charge on any atom is 0.331 e. The summed E-state index contributed by atoms with van der Waals surface area (Å²) in [4.78, 5) is 12.3. The molecular weight excluding hydrogens is 238 g/mol. The Morgan fingerprint density at radius 2 is 2.11 bits per heavy atom. The third-order valence-electron chi connectivity index (χ3n) is 3.68. The Morgan fingerprint density at radius 3 is 2.68 bits per heavy atom. The van der Waals surface area contributed by atoms with E-state index in [4.69, 9.17) is 4.74 Å². The first-order valence-corrected chi connectivity index (χ1v) is 7.06. The van der Waals surface area contributed by atoms with Gasteiger partial charge in [0.25, 0.3) is 0 Å². The summed E-state index contributed by atoms with van der Waals surface area (Å²) in [5.41, 5.74) is 1.54. The van der Waals surface area contributed by atoms with Gasteiger partial charge in [0.05, 0.1) is 6.61 Å². The molecule has 1 aliphatic carbocycles. The fraction of sp³-hybridized carbons (Fsp3) is 0.562. The van der Waals surface area contributed by atoms with Crippen LogP contribution >= 0.6 is 0 Å². The molecule has 3 nitrogen and oxygen atoms in total. The number of ether oxygens (including phenoxy) is 1. The van der Waals surface area contributed by atoms with E-state index < -0.39 is 5.54 Å². The lowest BCUT2D eigenvalue weighted by Crippen LogP contribution is -2.45. The lowest BCUT2D eigenvalue weighted by atomic mass is 9.93. The van der Waals surface area contributed by atoms with E-state index in [0.717, 1.165) is 17.7 Å². The minimum Gasteiger partial charge on any atom is -0.464 e. The second-order valence-corrected chi connectivity index (χ2v) is 5.64. The van der Waals surface area contributed by atoms with Crippen molar-refractivity contribution in [1.29, 1.82) is 0 Å². The molecule has 1 aromatic rings. The van der Waals surface area contributed by atoms with Crippen LogP contribution in [0.1, 0.15) is 38.7 Å². The van der Waals surface area contributed by atoms with E-state index in [-0.39, 0.29) is 5.97 Å². The van der Waals surface area contributed by atoms with Crippen LogP contribution < -0.4 is 5.32 Å². The van der Waals surface area contributed by atoms with Gasteiger partial charge in [-0.3, -0.25) is 0 Å². The lowest BCUT2D eigenvalue weighted by Gasteiger charge is -2.30. The molecule has 0 aromatic heterocycles. The summed E-state index contributed by atoms with van der Waals surface area (Å²) in [7, 11) is 0. The molecule has 0 amide bonds. The van der Waals surface area contributed by atoms with Gasteiger partial charge in [-0.05, 0) is 44.7 Å². The average molecular weight is 261 g/mol. The van der Waals surface area contributed by atoms with Crippen molar-refractivity contribution >= 4 is 11.7 Å². The van der Waals surface area contributed by atoms with Crippen molar-refractivity contribution in [1.82, 2.24) is 0 Å². The second kappa shape index (κ2) is 5.64. The third-order valence-corrected chi connectivity index (χ3v) is 3.68. The SMILES string of the molecule is CCOC(=O)C(C)(CC1CC1)Nc1ccccc1C. The Labute approximate surface area is 115 Å². The molecule has 1 unspecified atom stereocenters. The van der Waals surface area contributed by atoms with Crippen molar-refractivity contribution in [2.24, 2.45) is 5.92 Å². The summed E-state index contributed by atoms with van der Waals surface area (Å²) in [5.74, 6) is 0.510. The molecule has 19 heavy (non-hydrogen) atoms. The summed E-state index contributed by atoms with van der Waals surface area (Å²) < 4.78 is 5.25. The predicted molar refractivity (Wildman–Crippen MR) is 77.2 cm³/mol. The fourth-order valence-corrected chi connectivity index (χ4v) is 2.39. The van der Waals surface area contributed by atoms with Crippen molar-refractivity contribution in [3.8, 4) is 0 Å². The smallest absolute Gasteiger partial charge is 0.331 e. The zero-order valence-electron chi connectivity index (χ0n) is 12.0. The van der Waals surface area contributed by atoms with Crippen LogP contribution in [0, 0.1) is 12.8 Å². The molecule has 1 fully saturated rings. The summed E-state index contributed by atoms with van der Waals surface area (Å²) in [6, 6.07) is 8.05. The first kappa shape index (κ1) is 13.9. The van der Waals surface area contributed by atoms with E-state index in [0.29, 0.717) is 12.5 Å². The topological polar surface area (TPSA) is 38.3 Å². The largest absolute Gasteiger partial charge is 0.464 e. The highest BCUT2D eigenvalue weighted by atomic mass is 16.5. The Balaban J connectivity index is 2.17. The summed E-state index contributed by atoms with van der Waals surface area (Å²) in [6.45, 7) is 6.28. The highest BCUT2D eigenvalue weighted by Crippen LogP contribution is 2.38. The van der Waals surface area contributed by atoms with Crippen molar-refractivity contribution in [2.75, 3.05) is 11.9 Å².